The van der Waals surface area contributed by atoms with Crippen LogP contribution in [0.3, 0.4) is 0 Å². The van der Waals surface area contributed by atoms with Crippen molar-refractivity contribution in [1.29, 1.82) is 5.26 Å². The average molecular weight is 315 g/mol. The van der Waals surface area contributed by atoms with E-state index in [1.165, 1.54) is 24.5 Å². The predicted octanol–water partition coefficient (Wildman–Crippen LogP) is 1.50. The lowest BCUT2D eigenvalue weighted by atomic mass is 10.1. The molecule has 0 bridgehead atoms. The van der Waals surface area contributed by atoms with Gasteiger partial charge in [0.1, 0.15) is 23.0 Å². The summed E-state index contributed by atoms with van der Waals surface area (Å²) >= 11 is 1.02. The van der Waals surface area contributed by atoms with Gasteiger partial charge in [-0.05, 0) is 0 Å². The molecule has 0 fully saturated rings. The maximum absolute atomic E-state index is 10.8. The summed E-state index contributed by atoms with van der Waals surface area (Å²) in [6.07, 6.45) is 1.23. The molecule has 1 aromatic heterocycles. The number of nitro benzene ring substituents is 1. The molecule has 0 aliphatic heterocycles. The van der Waals surface area contributed by atoms with E-state index in [2.05, 4.69) is 9.97 Å². The molecule has 2 aromatic rings. The molecule has 1 amide bonds. The first-order valence-corrected chi connectivity index (χ1v) is 6.92. The van der Waals surface area contributed by atoms with E-state index in [0.717, 1.165) is 11.8 Å². The molecule has 22 heavy (non-hydrogen) atoms. The Balaban J connectivity index is 2.49. The summed E-state index contributed by atoms with van der Waals surface area (Å²) in [5.74, 6) is -0.565. The van der Waals surface area contributed by atoms with Gasteiger partial charge in [0.05, 0.1) is 16.4 Å². The van der Waals surface area contributed by atoms with Crippen LogP contribution in [0, 0.1) is 21.4 Å². The van der Waals surface area contributed by atoms with Gasteiger partial charge in [0.25, 0.3) is 5.69 Å². The number of non-ortho nitro benzene ring substituents is 1. The first-order valence-electron chi connectivity index (χ1n) is 5.94. The quantitative estimate of drug-likeness (QED) is 0.382. The second-order valence-electron chi connectivity index (χ2n) is 4.08. The fraction of sp³-hybridized carbons (Fsp3) is 0.0769. The number of nitriles is 1. The van der Waals surface area contributed by atoms with Crippen LogP contribution in [0.25, 0.3) is 11.3 Å². The average Bonchev–Trinajstić information content (AvgIpc) is 2.52. The van der Waals surface area contributed by atoms with Crippen LogP contribution in [0.2, 0.25) is 0 Å². The predicted molar refractivity (Wildman–Crippen MR) is 78.8 cm³/mol. The highest BCUT2D eigenvalue weighted by Gasteiger charge is 2.16. The van der Waals surface area contributed by atoms with Crippen molar-refractivity contribution in [1.82, 2.24) is 9.97 Å². The smallest absolute Gasteiger partial charge is 0.270 e. The van der Waals surface area contributed by atoms with Gasteiger partial charge in [-0.1, -0.05) is 23.9 Å². The lowest BCUT2D eigenvalue weighted by molar-refractivity contribution is -0.384. The molecule has 2 N–H and O–H groups in total. The molecular formula is C13H9N5O3S. The molecule has 0 atom stereocenters. The highest BCUT2D eigenvalue weighted by molar-refractivity contribution is 8.00. The zero-order valence-corrected chi connectivity index (χ0v) is 11.9. The van der Waals surface area contributed by atoms with Gasteiger partial charge in [-0.15, -0.1) is 0 Å². The lowest BCUT2D eigenvalue weighted by Gasteiger charge is -2.06. The van der Waals surface area contributed by atoms with Gasteiger partial charge >= 0.3 is 0 Å². The Labute approximate surface area is 129 Å². The number of amides is 1. The minimum absolute atomic E-state index is 0.0277. The second-order valence-corrected chi connectivity index (χ2v) is 5.04. The molecule has 0 aliphatic carbocycles. The van der Waals surface area contributed by atoms with E-state index in [1.54, 1.807) is 6.07 Å². The van der Waals surface area contributed by atoms with E-state index in [-0.39, 0.29) is 22.7 Å². The number of carbonyl (C=O) groups excluding carboxylic acids is 1. The Kier molecular flexibility index (Phi) is 4.65. The maximum Gasteiger partial charge on any atom is 0.270 e. The standard InChI is InChI=1S/C13H9N5O3S/c14-5-10-12(8-2-1-3-9(4-8)18(20)21)16-7-17-13(10)22-6-11(15)19/h1-4,7H,6H2,(H2,15,19). The van der Waals surface area contributed by atoms with Gasteiger partial charge in [-0.3, -0.25) is 14.9 Å². The van der Waals surface area contributed by atoms with Crippen LogP contribution in [0.5, 0.6) is 0 Å². The van der Waals surface area contributed by atoms with Gasteiger partial charge in [0.15, 0.2) is 0 Å². The van der Waals surface area contributed by atoms with Crippen molar-refractivity contribution < 1.29 is 9.72 Å². The van der Waals surface area contributed by atoms with E-state index in [1.807, 2.05) is 6.07 Å². The first-order chi connectivity index (χ1) is 10.5. The van der Waals surface area contributed by atoms with Crippen molar-refractivity contribution in [3.05, 3.63) is 46.3 Å². The minimum atomic E-state index is -0.538. The summed E-state index contributed by atoms with van der Waals surface area (Å²) in [7, 11) is 0. The molecule has 110 valence electrons. The number of thioether (sulfide) groups is 1. The SMILES string of the molecule is N#Cc1c(SCC(N)=O)ncnc1-c1cccc([N+](=O)[O-])c1. The van der Waals surface area contributed by atoms with Crippen molar-refractivity contribution in [2.45, 2.75) is 5.03 Å². The zero-order chi connectivity index (χ0) is 16.1. The Hall–Kier alpha value is -2.99. The van der Waals surface area contributed by atoms with Crippen molar-refractivity contribution in [3.8, 4) is 17.3 Å². The Morgan fingerprint density at radius 3 is 2.86 bits per heavy atom. The third kappa shape index (κ3) is 3.36. The summed E-state index contributed by atoms with van der Waals surface area (Å²) in [6.45, 7) is 0. The van der Waals surface area contributed by atoms with Crippen LogP contribution < -0.4 is 5.73 Å². The number of primary amides is 1. The third-order valence-electron chi connectivity index (χ3n) is 2.61. The van der Waals surface area contributed by atoms with Crippen molar-refractivity contribution in [2.75, 3.05) is 5.75 Å². The number of rotatable bonds is 5. The Morgan fingerprint density at radius 2 is 2.23 bits per heavy atom. The van der Waals surface area contributed by atoms with E-state index < -0.39 is 10.8 Å². The van der Waals surface area contributed by atoms with Gasteiger partial charge < -0.3 is 5.73 Å². The molecule has 0 saturated carbocycles. The molecule has 0 unspecified atom stereocenters. The van der Waals surface area contributed by atoms with Gasteiger partial charge in [0.2, 0.25) is 5.91 Å². The molecule has 0 radical (unpaired) electrons. The highest BCUT2D eigenvalue weighted by Crippen LogP contribution is 2.29. The summed E-state index contributed by atoms with van der Waals surface area (Å²) in [6, 6.07) is 7.76. The van der Waals surface area contributed by atoms with Gasteiger partial charge in [0, 0.05) is 17.7 Å². The monoisotopic (exact) mass is 315 g/mol. The fourth-order valence-corrected chi connectivity index (χ4v) is 2.39. The largest absolute Gasteiger partial charge is 0.369 e. The molecule has 8 nitrogen and oxygen atoms in total. The molecule has 2 rings (SSSR count). The summed E-state index contributed by atoms with van der Waals surface area (Å²) in [5.41, 5.74) is 5.81. The second kappa shape index (κ2) is 6.64. The fourth-order valence-electron chi connectivity index (χ4n) is 1.70. The number of nitrogens with two attached hydrogens (primary N) is 1. The number of hydrogen-bond acceptors (Lipinski definition) is 7. The van der Waals surface area contributed by atoms with Gasteiger partial charge in [-0.2, -0.15) is 5.26 Å². The first kappa shape index (κ1) is 15.4. The lowest BCUT2D eigenvalue weighted by Crippen LogP contribution is -2.13. The molecule has 0 saturated heterocycles. The molecule has 0 spiro atoms. The molecule has 9 heteroatoms. The van der Waals surface area contributed by atoms with Crippen molar-refractivity contribution >= 4 is 23.4 Å². The number of aromatic nitrogens is 2. The summed E-state index contributed by atoms with van der Waals surface area (Å²) in [5, 5.41) is 20.5. The van der Waals surface area contributed by atoms with E-state index >= 15 is 0 Å². The van der Waals surface area contributed by atoms with E-state index in [0.29, 0.717) is 10.6 Å². The number of nitrogens with zero attached hydrogens (tertiary/aromatic N) is 4. The van der Waals surface area contributed by atoms with Crippen LogP contribution in [-0.2, 0) is 4.79 Å². The number of carbonyl (C=O) groups is 1. The molecular weight excluding hydrogens is 306 g/mol. The molecule has 1 heterocycles. The Bertz CT molecular complexity index is 787. The number of nitro groups is 1. The number of hydrogen-bond donors (Lipinski definition) is 1. The number of benzene rings is 1. The maximum atomic E-state index is 10.8. The van der Waals surface area contributed by atoms with Crippen LogP contribution in [0.1, 0.15) is 5.56 Å². The van der Waals surface area contributed by atoms with Gasteiger partial charge in [-0.25, -0.2) is 9.97 Å². The molecule has 1 aromatic carbocycles. The molecule has 0 aliphatic rings. The zero-order valence-electron chi connectivity index (χ0n) is 11.1. The van der Waals surface area contributed by atoms with E-state index in [4.69, 9.17) is 5.73 Å². The Morgan fingerprint density at radius 1 is 1.45 bits per heavy atom. The van der Waals surface area contributed by atoms with Crippen molar-refractivity contribution in [2.24, 2.45) is 5.73 Å². The summed E-state index contributed by atoms with van der Waals surface area (Å²) in [4.78, 5) is 29.1. The van der Waals surface area contributed by atoms with Crippen molar-refractivity contribution in [3.63, 3.8) is 0 Å². The summed E-state index contributed by atoms with van der Waals surface area (Å²) < 4.78 is 0. The van der Waals surface area contributed by atoms with Crippen LogP contribution in [0.4, 0.5) is 5.69 Å². The van der Waals surface area contributed by atoms with Crippen LogP contribution in [-0.4, -0.2) is 26.6 Å². The van der Waals surface area contributed by atoms with Crippen LogP contribution >= 0.6 is 11.8 Å². The minimum Gasteiger partial charge on any atom is -0.369 e. The van der Waals surface area contributed by atoms with Crippen LogP contribution in [0.15, 0.2) is 35.6 Å². The van der Waals surface area contributed by atoms with E-state index in [9.17, 15) is 20.2 Å². The highest BCUT2D eigenvalue weighted by atomic mass is 32.2. The topological polar surface area (TPSA) is 136 Å². The normalized spacial score (nSPS) is 9.95. The third-order valence-corrected chi connectivity index (χ3v) is 3.62.